The Morgan fingerprint density at radius 1 is 0.964 bits per heavy atom. The summed E-state index contributed by atoms with van der Waals surface area (Å²) in [4.78, 5) is 17.6. The van der Waals surface area contributed by atoms with Crippen molar-refractivity contribution in [2.75, 3.05) is 26.2 Å². The number of aryl methyl sites for hydroxylation is 1. The maximum absolute atomic E-state index is 13.0. The van der Waals surface area contributed by atoms with Crippen LogP contribution in [0.3, 0.4) is 0 Å². The molecule has 2 aliphatic rings. The first-order chi connectivity index (χ1) is 13.7. The lowest BCUT2D eigenvalue weighted by atomic mass is 10.1. The van der Waals surface area contributed by atoms with Crippen molar-refractivity contribution in [3.8, 4) is 5.75 Å². The molecule has 0 aromatic heterocycles. The van der Waals surface area contributed by atoms with Crippen LogP contribution >= 0.6 is 0 Å². The summed E-state index contributed by atoms with van der Waals surface area (Å²) in [6.07, 6.45) is 4.83. The van der Waals surface area contributed by atoms with Gasteiger partial charge in [-0.3, -0.25) is 4.79 Å². The topological polar surface area (TPSA) is 32.8 Å². The number of hydrogen-bond acceptors (Lipinski definition) is 3. The number of carbonyl (C=O) groups is 1. The minimum absolute atomic E-state index is 0.159. The fraction of sp³-hybridized carbons (Fsp3) is 0.458. The minimum atomic E-state index is 0.159. The van der Waals surface area contributed by atoms with Gasteiger partial charge in [-0.05, 0) is 75.5 Å². The minimum Gasteiger partial charge on any atom is -0.489 e. The molecule has 0 spiro atoms. The first kappa shape index (κ1) is 19.0. The Balaban J connectivity index is 1.34. The first-order valence-corrected chi connectivity index (χ1v) is 10.5. The van der Waals surface area contributed by atoms with Gasteiger partial charge >= 0.3 is 0 Å². The van der Waals surface area contributed by atoms with E-state index in [-0.39, 0.29) is 5.91 Å². The molecule has 1 atom stereocenters. The van der Waals surface area contributed by atoms with E-state index in [1.54, 1.807) is 0 Å². The van der Waals surface area contributed by atoms with Gasteiger partial charge in [0.05, 0.1) is 0 Å². The number of ether oxygens (including phenoxy) is 1. The highest BCUT2D eigenvalue weighted by molar-refractivity contribution is 5.94. The van der Waals surface area contributed by atoms with E-state index in [4.69, 9.17) is 4.74 Å². The van der Waals surface area contributed by atoms with E-state index in [1.807, 2.05) is 24.3 Å². The van der Waals surface area contributed by atoms with Crippen LogP contribution in [0.25, 0.3) is 0 Å². The van der Waals surface area contributed by atoms with E-state index in [2.05, 4.69) is 41.0 Å². The van der Waals surface area contributed by atoms with E-state index in [0.29, 0.717) is 12.6 Å². The lowest BCUT2D eigenvalue weighted by molar-refractivity contribution is 0.0708. The second kappa shape index (κ2) is 8.78. The lowest BCUT2D eigenvalue weighted by Crippen LogP contribution is -2.42. The lowest BCUT2D eigenvalue weighted by Gasteiger charge is -2.28. The van der Waals surface area contributed by atoms with Crippen molar-refractivity contribution in [3.05, 3.63) is 65.2 Å². The second-order valence-corrected chi connectivity index (χ2v) is 8.10. The highest BCUT2D eigenvalue weighted by atomic mass is 16.5. The second-order valence-electron chi connectivity index (χ2n) is 8.10. The summed E-state index contributed by atoms with van der Waals surface area (Å²) in [6.45, 7) is 6.90. The highest BCUT2D eigenvalue weighted by Crippen LogP contribution is 2.23. The number of likely N-dealkylation sites (tertiary alicyclic amines) is 2. The van der Waals surface area contributed by atoms with Crippen LogP contribution in [0.1, 0.15) is 47.2 Å². The Morgan fingerprint density at radius 2 is 1.68 bits per heavy atom. The molecule has 4 rings (SSSR count). The Hall–Kier alpha value is -2.33. The number of carbonyl (C=O) groups excluding carboxylic acids is 1. The largest absolute Gasteiger partial charge is 0.489 e. The van der Waals surface area contributed by atoms with Crippen molar-refractivity contribution >= 4 is 5.91 Å². The molecule has 0 radical (unpaired) electrons. The fourth-order valence-corrected chi connectivity index (χ4v) is 4.27. The third-order valence-corrected chi connectivity index (χ3v) is 5.93. The predicted molar refractivity (Wildman–Crippen MR) is 112 cm³/mol. The Kier molecular flexibility index (Phi) is 5.96. The molecule has 0 unspecified atom stereocenters. The van der Waals surface area contributed by atoms with Crippen molar-refractivity contribution in [3.63, 3.8) is 0 Å². The number of rotatable bonds is 6. The standard InChI is InChI=1S/C24H30N2O2/c1-19-6-8-20(9-7-19)18-28-23-12-10-21(11-13-23)24(27)26-16-4-5-22(26)17-25-14-2-3-15-25/h6-13,22H,2-5,14-18H2,1H3/t22-/m0/s1. The maximum Gasteiger partial charge on any atom is 0.254 e. The van der Waals surface area contributed by atoms with Gasteiger partial charge in [0.15, 0.2) is 0 Å². The maximum atomic E-state index is 13.0. The number of benzene rings is 2. The average Bonchev–Trinajstić information content (AvgIpc) is 3.40. The molecule has 2 saturated heterocycles. The van der Waals surface area contributed by atoms with Crippen molar-refractivity contribution in [1.29, 1.82) is 0 Å². The van der Waals surface area contributed by atoms with Gasteiger partial charge in [0.25, 0.3) is 5.91 Å². The third-order valence-electron chi connectivity index (χ3n) is 5.93. The number of nitrogens with zero attached hydrogens (tertiary/aromatic N) is 2. The zero-order valence-electron chi connectivity index (χ0n) is 16.8. The van der Waals surface area contributed by atoms with Crippen molar-refractivity contribution in [2.24, 2.45) is 0 Å². The van der Waals surface area contributed by atoms with Gasteiger partial charge in [-0.1, -0.05) is 29.8 Å². The SMILES string of the molecule is Cc1ccc(COc2ccc(C(=O)N3CCC[C@H]3CN3CCCC3)cc2)cc1. The van der Waals surface area contributed by atoms with E-state index >= 15 is 0 Å². The third kappa shape index (κ3) is 4.56. The summed E-state index contributed by atoms with van der Waals surface area (Å²) in [6, 6.07) is 16.3. The molecule has 2 aromatic rings. The Labute approximate surface area is 168 Å². The molecule has 2 heterocycles. The molecule has 1 amide bonds. The van der Waals surface area contributed by atoms with Gasteiger partial charge in [-0.25, -0.2) is 0 Å². The molecule has 2 aliphatic heterocycles. The van der Waals surface area contributed by atoms with Crippen LogP contribution in [0.15, 0.2) is 48.5 Å². The van der Waals surface area contributed by atoms with Crippen LogP contribution in [-0.4, -0.2) is 47.9 Å². The van der Waals surface area contributed by atoms with E-state index in [1.165, 1.54) is 31.5 Å². The highest BCUT2D eigenvalue weighted by Gasteiger charge is 2.31. The van der Waals surface area contributed by atoms with E-state index in [0.717, 1.165) is 42.8 Å². The smallest absolute Gasteiger partial charge is 0.254 e. The molecule has 2 fully saturated rings. The molecular weight excluding hydrogens is 348 g/mol. The molecule has 0 bridgehead atoms. The molecule has 2 aromatic carbocycles. The van der Waals surface area contributed by atoms with Gasteiger partial charge in [-0.15, -0.1) is 0 Å². The summed E-state index contributed by atoms with van der Waals surface area (Å²) in [5.74, 6) is 0.957. The summed E-state index contributed by atoms with van der Waals surface area (Å²) in [7, 11) is 0. The number of hydrogen-bond donors (Lipinski definition) is 0. The van der Waals surface area contributed by atoms with Crippen molar-refractivity contribution in [2.45, 2.75) is 45.3 Å². The molecule has 0 aliphatic carbocycles. The van der Waals surface area contributed by atoms with Crippen LogP contribution in [0, 0.1) is 6.92 Å². The quantitative estimate of drug-likeness (QED) is 0.752. The predicted octanol–water partition coefficient (Wildman–Crippen LogP) is 4.27. The molecule has 28 heavy (non-hydrogen) atoms. The Morgan fingerprint density at radius 3 is 2.39 bits per heavy atom. The van der Waals surface area contributed by atoms with Gasteiger partial charge in [0.2, 0.25) is 0 Å². The molecule has 0 N–H and O–H groups in total. The normalized spacial score (nSPS) is 19.9. The van der Waals surface area contributed by atoms with Gasteiger partial charge < -0.3 is 14.5 Å². The van der Waals surface area contributed by atoms with Crippen molar-refractivity contribution in [1.82, 2.24) is 9.80 Å². The van der Waals surface area contributed by atoms with Gasteiger partial charge in [0, 0.05) is 24.7 Å². The summed E-state index contributed by atoms with van der Waals surface area (Å²) >= 11 is 0. The zero-order valence-corrected chi connectivity index (χ0v) is 16.8. The van der Waals surface area contributed by atoms with E-state index < -0.39 is 0 Å². The molecule has 4 nitrogen and oxygen atoms in total. The van der Waals surface area contributed by atoms with Crippen LogP contribution < -0.4 is 4.74 Å². The van der Waals surface area contributed by atoms with Gasteiger partial charge in [-0.2, -0.15) is 0 Å². The van der Waals surface area contributed by atoms with Gasteiger partial charge in [0.1, 0.15) is 12.4 Å². The number of amides is 1. The zero-order chi connectivity index (χ0) is 19.3. The summed E-state index contributed by atoms with van der Waals surface area (Å²) < 4.78 is 5.87. The average molecular weight is 379 g/mol. The van der Waals surface area contributed by atoms with Crippen LogP contribution in [0.2, 0.25) is 0 Å². The monoisotopic (exact) mass is 378 g/mol. The van der Waals surface area contributed by atoms with Crippen molar-refractivity contribution < 1.29 is 9.53 Å². The van der Waals surface area contributed by atoms with Crippen LogP contribution in [0.5, 0.6) is 5.75 Å². The van der Waals surface area contributed by atoms with Crippen LogP contribution in [-0.2, 0) is 6.61 Å². The molecule has 0 saturated carbocycles. The van der Waals surface area contributed by atoms with Crippen LogP contribution in [0.4, 0.5) is 0 Å². The van der Waals surface area contributed by atoms with E-state index in [9.17, 15) is 4.79 Å². The summed E-state index contributed by atoms with van der Waals surface area (Å²) in [5, 5.41) is 0. The Bertz CT molecular complexity index is 779. The molecular formula is C24H30N2O2. The first-order valence-electron chi connectivity index (χ1n) is 10.5. The summed E-state index contributed by atoms with van der Waals surface area (Å²) in [5.41, 5.74) is 3.15. The molecule has 4 heteroatoms. The molecule has 148 valence electrons. The fourth-order valence-electron chi connectivity index (χ4n) is 4.27.